The summed E-state index contributed by atoms with van der Waals surface area (Å²) in [6.45, 7) is -1.39. The van der Waals surface area contributed by atoms with Crippen LogP contribution in [0.3, 0.4) is 0 Å². The molecule has 1 atom stereocenters. The number of nitrogens with one attached hydrogen (secondary N) is 2. The van der Waals surface area contributed by atoms with Crippen molar-refractivity contribution < 1.29 is 32.2 Å². The molecule has 2 N–H and O–H groups in total. The molecular formula is C21H19ClF3N3O4. The van der Waals surface area contributed by atoms with E-state index in [1.54, 1.807) is 18.2 Å². The molecule has 0 amide bonds. The van der Waals surface area contributed by atoms with E-state index in [1.165, 1.54) is 24.4 Å². The normalized spacial score (nSPS) is 12.5. The first-order valence-corrected chi connectivity index (χ1v) is 9.82. The number of carbonyl (C=O) groups is 2. The zero-order valence-electron chi connectivity index (χ0n) is 16.8. The van der Waals surface area contributed by atoms with Gasteiger partial charge in [0.15, 0.2) is 0 Å². The fraction of sp³-hybridized carbons (Fsp3) is 0.286. The number of rotatable bonds is 8. The van der Waals surface area contributed by atoms with E-state index in [0.717, 1.165) is 7.11 Å². The number of fused-ring (bicyclic) bond motifs is 1. The molecule has 0 bridgehead atoms. The fourth-order valence-electron chi connectivity index (χ4n) is 3.18. The van der Waals surface area contributed by atoms with Gasteiger partial charge in [-0.25, -0.2) is 9.59 Å². The Morgan fingerprint density at radius 2 is 1.97 bits per heavy atom. The number of hydrogen-bond donors (Lipinski definition) is 2. The van der Waals surface area contributed by atoms with Crippen LogP contribution in [0.2, 0.25) is 5.02 Å². The van der Waals surface area contributed by atoms with Gasteiger partial charge < -0.3 is 14.8 Å². The van der Waals surface area contributed by atoms with Gasteiger partial charge >= 0.3 is 18.1 Å². The van der Waals surface area contributed by atoms with Gasteiger partial charge in [0.1, 0.15) is 0 Å². The van der Waals surface area contributed by atoms with Crippen LogP contribution in [0.4, 0.5) is 13.2 Å². The minimum Gasteiger partial charge on any atom is -0.466 e. The summed E-state index contributed by atoms with van der Waals surface area (Å²) in [7, 11) is 1.14. The molecule has 0 unspecified atom stereocenters. The van der Waals surface area contributed by atoms with E-state index in [2.05, 4.69) is 15.5 Å². The van der Waals surface area contributed by atoms with Gasteiger partial charge in [0.25, 0.3) is 0 Å². The molecule has 11 heteroatoms. The molecule has 32 heavy (non-hydrogen) atoms. The Hall–Kier alpha value is -3.11. The quantitative estimate of drug-likeness (QED) is 0.487. The largest absolute Gasteiger partial charge is 0.466 e. The summed E-state index contributed by atoms with van der Waals surface area (Å²) in [6.07, 6.45) is -4.47. The maximum Gasteiger partial charge on any atom is 0.401 e. The lowest BCUT2D eigenvalue weighted by Gasteiger charge is -2.19. The summed E-state index contributed by atoms with van der Waals surface area (Å²) in [5.41, 5.74) is 1.52. The van der Waals surface area contributed by atoms with Gasteiger partial charge in [0.05, 0.1) is 36.0 Å². The predicted octanol–water partition coefficient (Wildman–Crippen LogP) is 3.81. The van der Waals surface area contributed by atoms with Crippen LogP contribution in [0.15, 0.2) is 42.6 Å². The summed E-state index contributed by atoms with van der Waals surface area (Å²) >= 11 is 6.29. The number of H-pyrrole nitrogens is 1. The van der Waals surface area contributed by atoms with Crippen molar-refractivity contribution in [3.63, 3.8) is 0 Å². The van der Waals surface area contributed by atoms with E-state index in [9.17, 15) is 22.8 Å². The number of esters is 2. The maximum absolute atomic E-state index is 12.6. The minimum absolute atomic E-state index is 0.158. The Bertz CT molecular complexity index is 1100. The highest BCUT2D eigenvalue weighted by molar-refractivity contribution is 6.35. The van der Waals surface area contributed by atoms with Gasteiger partial charge in [-0.2, -0.15) is 18.3 Å². The number of aromatic nitrogens is 2. The standard InChI is InChI=1S/C21H19ClF3N3O4/c1-31-20(30)17(32-19(29)12-5-3-2-4-6-12)8-13-7-16(22)18-15(10-27-28-18)14(13)9-26-11-21(23,24)25/h2-7,10,17,26H,8-9,11H2,1H3,(H,27,28)/t17-/m1/s1. The highest BCUT2D eigenvalue weighted by atomic mass is 35.5. The second-order valence-corrected chi connectivity index (χ2v) is 7.27. The first kappa shape index (κ1) is 23.6. The number of hydrogen-bond acceptors (Lipinski definition) is 6. The van der Waals surface area contributed by atoms with E-state index in [4.69, 9.17) is 21.1 Å². The first-order valence-electron chi connectivity index (χ1n) is 9.44. The van der Waals surface area contributed by atoms with E-state index in [0.29, 0.717) is 22.0 Å². The third kappa shape index (κ3) is 5.77. The van der Waals surface area contributed by atoms with Crippen LogP contribution in [-0.2, 0) is 27.2 Å². The third-order valence-electron chi connectivity index (χ3n) is 4.65. The number of alkyl halides is 3. The zero-order valence-corrected chi connectivity index (χ0v) is 17.6. The van der Waals surface area contributed by atoms with Crippen molar-refractivity contribution in [3.8, 4) is 0 Å². The SMILES string of the molecule is COC(=O)[C@@H](Cc1cc(Cl)c2[nH]ncc2c1CNCC(F)(F)F)OC(=O)c1ccccc1. The number of carbonyl (C=O) groups excluding carboxylic acids is 2. The molecule has 0 aliphatic carbocycles. The van der Waals surface area contributed by atoms with E-state index < -0.39 is 30.8 Å². The van der Waals surface area contributed by atoms with Crippen molar-refractivity contribution in [2.45, 2.75) is 25.2 Å². The molecule has 2 aromatic carbocycles. The Balaban J connectivity index is 1.91. The molecule has 0 saturated carbocycles. The molecule has 0 saturated heterocycles. The lowest BCUT2D eigenvalue weighted by molar-refractivity contribution is -0.150. The summed E-state index contributed by atoms with van der Waals surface area (Å²) in [6, 6.07) is 9.55. The monoisotopic (exact) mass is 469 g/mol. The van der Waals surface area contributed by atoms with Crippen molar-refractivity contribution in [1.29, 1.82) is 0 Å². The lowest BCUT2D eigenvalue weighted by Crippen LogP contribution is -2.32. The average molecular weight is 470 g/mol. The number of ether oxygens (including phenoxy) is 2. The highest BCUT2D eigenvalue weighted by Crippen LogP contribution is 2.30. The van der Waals surface area contributed by atoms with Crippen molar-refractivity contribution >= 4 is 34.4 Å². The van der Waals surface area contributed by atoms with Crippen molar-refractivity contribution in [2.75, 3.05) is 13.7 Å². The first-order chi connectivity index (χ1) is 15.2. The molecule has 3 rings (SSSR count). The number of benzene rings is 2. The number of halogens is 4. The summed E-state index contributed by atoms with van der Waals surface area (Å²) in [4.78, 5) is 24.8. The van der Waals surface area contributed by atoms with Gasteiger partial charge in [-0.1, -0.05) is 29.8 Å². The Kier molecular flexibility index (Phi) is 7.37. The van der Waals surface area contributed by atoms with Crippen LogP contribution in [-0.4, -0.2) is 48.1 Å². The van der Waals surface area contributed by atoms with Crippen LogP contribution in [0.1, 0.15) is 21.5 Å². The Morgan fingerprint density at radius 3 is 2.62 bits per heavy atom. The molecule has 7 nitrogen and oxygen atoms in total. The van der Waals surface area contributed by atoms with Crippen LogP contribution in [0.5, 0.6) is 0 Å². The molecule has 0 spiro atoms. The van der Waals surface area contributed by atoms with Crippen LogP contribution in [0, 0.1) is 0 Å². The minimum atomic E-state index is -4.40. The molecule has 3 aromatic rings. The second kappa shape index (κ2) is 10.0. The Labute approximate surface area is 185 Å². The molecular weight excluding hydrogens is 451 g/mol. The van der Waals surface area contributed by atoms with Gasteiger partial charge in [-0.05, 0) is 29.3 Å². The Morgan fingerprint density at radius 1 is 1.25 bits per heavy atom. The van der Waals surface area contributed by atoms with Crippen molar-refractivity contribution in [2.24, 2.45) is 0 Å². The smallest absolute Gasteiger partial charge is 0.401 e. The number of methoxy groups -OCH3 is 1. The van der Waals surface area contributed by atoms with Crippen molar-refractivity contribution in [3.05, 3.63) is 64.3 Å². The molecule has 0 radical (unpaired) electrons. The molecule has 0 aliphatic rings. The fourth-order valence-corrected chi connectivity index (χ4v) is 3.45. The van der Waals surface area contributed by atoms with Crippen LogP contribution >= 0.6 is 11.6 Å². The molecule has 1 heterocycles. The van der Waals surface area contributed by atoms with Crippen LogP contribution in [0.25, 0.3) is 10.9 Å². The van der Waals surface area contributed by atoms with E-state index in [-0.39, 0.29) is 23.6 Å². The third-order valence-corrected chi connectivity index (χ3v) is 4.95. The van der Waals surface area contributed by atoms with Crippen molar-refractivity contribution in [1.82, 2.24) is 15.5 Å². The lowest BCUT2D eigenvalue weighted by atomic mass is 9.97. The van der Waals surface area contributed by atoms with E-state index >= 15 is 0 Å². The molecule has 1 aromatic heterocycles. The topological polar surface area (TPSA) is 93.3 Å². The summed E-state index contributed by atoms with van der Waals surface area (Å²) < 4.78 is 48.0. The van der Waals surface area contributed by atoms with Gasteiger partial charge in [-0.15, -0.1) is 0 Å². The van der Waals surface area contributed by atoms with Crippen LogP contribution < -0.4 is 5.32 Å². The second-order valence-electron chi connectivity index (χ2n) is 6.86. The molecule has 0 fully saturated rings. The number of aromatic amines is 1. The van der Waals surface area contributed by atoms with Gasteiger partial charge in [-0.3, -0.25) is 5.10 Å². The van der Waals surface area contributed by atoms with E-state index in [1.807, 2.05) is 0 Å². The number of nitrogens with zero attached hydrogens (tertiary/aromatic N) is 1. The summed E-state index contributed by atoms with van der Waals surface area (Å²) in [5.74, 6) is -1.56. The maximum atomic E-state index is 12.6. The van der Waals surface area contributed by atoms with Gasteiger partial charge in [0.2, 0.25) is 6.10 Å². The predicted molar refractivity (Wildman–Crippen MR) is 110 cm³/mol. The zero-order chi connectivity index (χ0) is 23.3. The molecule has 0 aliphatic heterocycles. The average Bonchev–Trinajstić information content (AvgIpc) is 3.25. The highest BCUT2D eigenvalue weighted by Gasteiger charge is 2.29. The molecule has 170 valence electrons. The summed E-state index contributed by atoms with van der Waals surface area (Å²) in [5, 5.41) is 9.67. The van der Waals surface area contributed by atoms with Gasteiger partial charge in [0, 0.05) is 18.4 Å².